The highest BCUT2D eigenvalue weighted by Crippen LogP contribution is 2.40. The summed E-state index contributed by atoms with van der Waals surface area (Å²) in [6.45, 7) is 5.71. The van der Waals surface area contributed by atoms with Gasteiger partial charge < -0.3 is 20.1 Å². The molecule has 0 radical (unpaired) electrons. The highest BCUT2D eigenvalue weighted by molar-refractivity contribution is 7.92. The first-order valence-corrected chi connectivity index (χ1v) is 13.7. The fourth-order valence-corrected chi connectivity index (χ4v) is 5.33. The molecule has 1 aromatic heterocycles. The Kier molecular flexibility index (Phi) is 9.41. The number of hydrogen-bond donors (Lipinski definition) is 3. The Balaban J connectivity index is 2.25. The molecule has 0 saturated heterocycles. The van der Waals surface area contributed by atoms with Gasteiger partial charge in [-0.1, -0.05) is 38.1 Å². The third-order valence-corrected chi connectivity index (χ3v) is 7.81. The van der Waals surface area contributed by atoms with Gasteiger partial charge in [-0.05, 0) is 36.1 Å². The molecule has 11 heteroatoms. The number of carbonyl (C=O) groups is 1. The van der Waals surface area contributed by atoms with Crippen LogP contribution in [0.3, 0.4) is 0 Å². The van der Waals surface area contributed by atoms with Crippen LogP contribution in [0.25, 0.3) is 17.2 Å². The van der Waals surface area contributed by atoms with Crippen molar-refractivity contribution in [2.45, 2.75) is 58.3 Å². The molecular weight excluding hydrogens is 503 g/mol. The molecule has 3 rings (SSSR count). The van der Waals surface area contributed by atoms with Crippen molar-refractivity contribution in [2.75, 3.05) is 23.2 Å². The maximum Gasteiger partial charge on any atom is 0.305 e. The van der Waals surface area contributed by atoms with Crippen LogP contribution in [0.2, 0.25) is 0 Å². The summed E-state index contributed by atoms with van der Waals surface area (Å²) >= 11 is 0. The Morgan fingerprint density at radius 2 is 1.92 bits per heavy atom. The number of hydrogen-bond acceptors (Lipinski definition) is 7. The standard InChI is InChI=1S/C26H33FN2O7S/c1-4-37(34,35)29-11-12-36-15-22-24(17-5-7-18(27)8-6-17)21(25(16(2)3)28-26(22)29)10-9-19(30)13-20(31)14-23(32)33/h5-10,16,19-20,30-31H,4,11-15H2,1-3H3,(H,32,33)/t19-,20-/m1/s1. The number of aliphatic hydroxyl groups excluding tert-OH is 2. The number of fused-ring (bicyclic) bond motifs is 1. The van der Waals surface area contributed by atoms with E-state index < -0.39 is 40.4 Å². The van der Waals surface area contributed by atoms with Crippen LogP contribution < -0.4 is 4.31 Å². The predicted octanol–water partition coefficient (Wildman–Crippen LogP) is 3.30. The summed E-state index contributed by atoms with van der Waals surface area (Å²) in [5.41, 5.74) is 2.88. The Labute approximate surface area is 216 Å². The topological polar surface area (TPSA) is 137 Å². The Bertz CT molecular complexity index is 1250. The highest BCUT2D eigenvalue weighted by Gasteiger charge is 2.31. The fraction of sp³-hybridized carbons (Fsp3) is 0.462. The highest BCUT2D eigenvalue weighted by atomic mass is 32.2. The number of carboxylic acids is 1. The number of nitrogens with zero attached hydrogens (tertiary/aromatic N) is 2. The van der Waals surface area contributed by atoms with E-state index in [1.165, 1.54) is 22.5 Å². The second-order valence-corrected chi connectivity index (χ2v) is 11.4. The number of aliphatic hydroxyl groups is 2. The van der Waals surface area contributed by atoms with Crippen LogP contribution >= 0.6 is 0 Å². The van der Waals surface area contributed by atoms with Gasteiger partial charge in [0.15, 0.2) is 0 Å². The zero-order valence-corrected chi connectivity index (χ0v) is 21.9. The molecule has 3 N–H and O–H groups in total. The number of aliphatic carboxylic acids is 1. The third-order valence-electron chi connectivity index (χ3n) is 6.05. The molecule has 202 valence electrons. The molecule has 0 saturated carbocycles. The SMILES string of the molecule is CCS(=O)(=O)N1CCOCc2c1nc(C(C)C)c(C=C[C@@H](O)C[C@@H](O)CC(=O)O)c2-c1ccc(F)cc1. The van der Waals surface area contributed by atoms with E-state index in [4.69, 9.17) is 14.8 Å². The molecule has 9 nitrogen and oxygen atoms in total. The Morgan fingerprint density at radius 3 is 2.51 bits per heavy atom. The number of pyridine rings is 1. The average molecular weight is 537 g/mol. The maximum atomic E-state index is 13.8. The Morgan fingerprint density at radius 1 is 1.24 bits per heavy atom. The lowest BCUT2D eigenvalue weighted by Crippen LogP contribution is -2.35. The van der Waals surface area contributed by atoms with Gasteiger partial charge in [-0.2, -0.15) is 0 Å². The molecule has 0 spiro atoms. The van der Waals surface area contributed by atoms with E-state index in [1.54, 1.807) is 25.1 Å². The van der Waals surface area contributed by atoms with Crippen LogP contribution in [0, 0.1) is 5.82 Å². The van der Waals surface area contributed by atoms with Crippen molar-refractivity contribution in [3.05, 3.63) is 53.0 Å². The predicted molar refractivity (Wildman–Crippen MR) is 138 cm³/mol. The van der Waals surface area contributed by atoms with Crippen molar-refractivity contribution >= 4 is 27.9 Å². The molecule has 2 atom stereocenters. The second kappa shape index (κ2) is 12.1. The molecule has 0 amide bonds. The minimum absolute atomic E-state index is 0.0733. The van der Waals surface area contributed by atoms with Crippen molar-refractivity contribution < 1.29 is 37.7 Å². The molecule has 0 bridgehead atoms. The fourth-order valence-electron chi connectivity index (χ4n) is 4.25. The Hall–Kier alpha value is -2.86. The summed E-state index contributed by atoms with van der Waals surface area (Å²) in [6.07, 6.45) is -0.000696. The number of halogens is 1. The van der Waals surface area contributed by atoms with Crippen molar-refractivity contribution in [1.82, 2.24) is 4.98 Å². The molecule has 0 aliphatic carbocycles. The minimum Gasteiger partial charge on any atom is -0.481 e. The molecule has 1 aliphatic heterocycles. The molecule has 0 fully saturated rings. The van der Waals surface area contributed by atoms with Gasteiger partial charge in [0, 0.05) is 17.5 Å². The number of rotatable bonds is 10. The lowest BCUT2D eigenvalue weighted by Gasteiger charge is -2.26. The van der Waals surface area contributed by atoms with Gasteiger partial charge in [-0.25, -0.2) is 17.8 Å². The molecule has 37 heavy (non-hydrogen) atoms. The van der Waals surface area contributed by atoms with E-state index in [0.717, 1.165) is 0 Å². The molecule has 2 aromatic rings. The summed E-state index contributed by atoms with van der Waals surface area (Å²) in [4.78, 5) is 15.6. The maximum absolute atomic E-state index is 13.8. The van der Waals surface area contributed by atoms with Crippen LogP contribution in [0.4, 0.5) is 10.2 Å². The lowest BCUT2D eigenvalue weighted by molar-refractivity contribution is -0.139. The van der Waals surface area contributed by atoms with Crippen LogP contribution in [-0.4, -0.2) is 65.8 Å². The van der Waals surface area contributed by atoms with Crippen LogP contribution in [0.15, 0.2) is 30.3 Å². The van der Waals surface area contributed by atoms with E-state index in [2.05, 4.69) is 0 Å². The minimum atomic E-state index is -3.67. The van der Waals surface area contributed by atoms with E-state index >= 15 is 0 Å². The molecule has 1 aromatic carbocycles. The molecule has 1 aliphatic rings. The number of ether oxygens (including phenoxy) is 1. The first-order chi connectivity index (χ1) is 17.4. The summed E-state index contributed by atoms with van der Waals surface area (Å²) in [6, 6.07) is 5.78. The molecule has 2 heterocycles. The van der Waals surface area contributed by atoms with E-state index in [-0.39, 0.29) is 43.7 Å². The van der Waals surface area contributed by atoms with Crippen LogP contribution in [-0.2, 0) is 26.2 Å². The zero-order valence-electron chi connectivity index (χ0n) is 21.1. The van der Waals surface area contributed by atoms with Crippen molar-refractivity contribution in [3.8, 4) is 11.1 Å². The number of anilines is 1. The van der Waals surface area contributed by atoms with Gasteiger partial charge in [0.2, 0.25) is 10.0 Å². The van der Waals surface area contributed by atoms with E-state index in [9.17, 15) is 27.8 Å². The van der Waals surface area contributed by atoms with Crippen LogP contribution in [0.5, 0.6) is 0 Å². The number of sulfonamides is 1. The first-order valence-electron chi connectivity index (χ1n) is 12.1. The monoisotopic (exact) mass is 536 g/mol. The van der Waals surface area contributed by atoms with Crippen molar-refractivity contribution in [3.63, 3.8) is 0 Å². The third kappa shape index (κ3) is 6.92. The van der Waals surface area contributed by atoms with E-state index in [0.29, 0.717) is 27.9 Å². The van der Waals surface area contributed by atoms with Crippen LogP contribution in [0.1, 0.15) is 56.4 Å². The summed E-state index contributed by atoms with van der Waals surface area (Å²) in [5.74, 6) is -1.62. The van der Waals surface area contributed by atoms with Gasteiger partial charge in [0.05, 0.1) is 49.8 Å². The number of benzene rings is 1. The number of aromatic nitrogens is 1. The first kappa shape index (κ1) is 28.7. The summed E-state index contributed by atoms with van der Waals surface area (Å²) in [5, 5.41) is 29.2. The van der Waals surface area contributed by atoms with Gasteiger partial charge in [0.25, 0.3) is 0 Å². The smallest absolute Gasteiger partial charge is 0.305 e. The largest absolute Gasteiger partial charge is 0.481 e. The number of carboxylic acid groups (broad SMARTS) is 1. The van der Waals surface area contributed by atoms with Gasteiger partial charge >= 0.3 is 5.97 Å². The van der Waals surface area contributed by atoms with Crippen molar-refractivity contribution in [2.24, 2.45) is 0 Å². The van der Waals surface area contributed by atoms with Gasteiger partial charge in [-0.15, -0.1) is 0 Å². The van der Waals surface area contributed by atoms with Crippen molar-refractivity contribution in [1.29, 1.82) is 0 Å². The quantitative estimate of drug-likeness (QED) is 0.421. The average Bonchev–Trinajstić information content (AvgIpc) is 3.04. The zero-order chi connectivity index (χ0) is 27.3. The summed E-state index contributed by atoms with van der Waals surface area (Å²) < 4.78 is 46.8. The molecular formula is C26H33FN2O7S. The van der Waals surface area contributed by atoms with Gasteiger partial charge in [0.1, 0.15) is 11.6 Å². The normalized spacial score (nSPS) is 16.0. The molecule has 0 unspecified atom stereocenters. The second-order valence-electron chi connectivity index (χ2n) is 9.19. The van der Waals surface area contributed by atoms with E-state index in [1.807, 2.05) is 13.8 Å². The van der Waals surface area contributed by atoms with Gasteiger partial charge in [-0.3, -0.25) is 9.10 Å². The summed E-state index contributed by atoms with van der Waals surface area (Å²) in [7, 11) is -3.67. The lowest BCUT2D eigenvalue weighted by atomic mass is 9.90.